The number of H-pyrrole nitrogens is 1. The smallest absolute Gasteiger partial charge is 0.318 e. The van der Waals surface area contributed by atoms with Crippen LogP contribution < -0.4 is 11.1 Å². The number of nitrogens with two attached hydrogens (primary N) is 1. The lowest BCUT2D eigenvalue weighted by Gasteiger charge is -2.14. The topological polar surface area (TPSA) is 121 Å². The first-order valence-corrected chi connectivity index (χ1v) is 6.36. The molecule has 2 rings (SSSR count). The second-order valence-corrected chi connectivity index (χ2v) is 4.37. The molecule has 1 heterocycles. The molecule has 4 N–H and O–H groups in total. The van der Waals surface area contributed by atoms with Crippen molar-refractivity contribution in [1.82, 2.24) is 15.1 Å². The van der Waals surface area contributed by atoms with E-state index in [1.165, 1.54) is 0 Å². The molecule has 0 spiro atoms. The Balaban J connectivity index is 2.05. The van der Waals surface area contributed by atoms with Gasteiger partial charge < -0.3 is 11.1 Å². The Morgan fingerprint density at radius 2 is 2.24 bits per heavy atom. The minimum absolute atomic E-state index is 0.117. The summed E-state index contributed by atoms with van der Waals surface area (Å²) in [4.78, 5) is 35.3. The molecule has 21 heavy (non-hydrogen) atoms. The molecule has 0 saturated heterocycles. The van der Waals surface area contributed by atoms with Crippen LogP contribution in [0.25, 0.3) is 10.9 Å². The molecular weight excluding hydrogens is 274 g/mol. The van der Waals surface area contributed by atoms with Crippen LogP contribution in [0, 0.1) is 0 Å². The van der Waals surface area contributed by atoms with E-state index in [-0.39, 0.29) is 6.54 Å². The SMILES string of the molecule is NCCCN(C=O)C(=O)C(=O)Nc1ccc2cn[nH]c2c1. The summed E-state index contributed by atoms with van der Waals surface area (Å²) in [6.07, 6.45) is 2.42. The Kier molecular flexibility index (Phi) is 4.62. The fourth-order valence-electron chi connectivity index (χ4n) is 1.79. The quantitative estimate of drug-likeness (QED) is 0.521. The molecule has 0 aliphatic rings. The number of imide groups is 1. The maximum atomic E-state index is 11.8. The lowest BCUT2D eigenvalue weighted by molar-refractivity contribution is -0.146. The number of aromatic amines is 1. The molecule has 0 fully saturated rings. The third kappa shape index (κ3) is 3.42. The maximum Gasteiger partial charge on any atom is 0.318 e. The lowest BCUT2D eigenvalue weighted by Crippen LogP contribution is -2.39. The van der Waals surface area contributed by atoms with Gasteiger partial charge in [-0.3, -0.25) is 24.4 Å². The average molecular weight is 289 g/mol. The zero-order chi connectivity index (χ0) is 15.2. The van der Waals surface area contributed by atoms with Crippen molar-refractivity contribution in [3.05, 3.63) is 24.4 Å². The number of carbonyl (C=O) groups is 3. The van der Waals surface area contributed by atoms with Gasteiger partial charge in [-0.2, -0.15) is 5.10 Å². The first-order chi connectivity index (χ1) is 10.2. The van der Waals surface area contributed by atoms with Crippen molar-refractivity contribution >= 4 is 34.8 Å². The van der Waals surface area contributed by atoms with Crippen molar-refractivity contribution in [2.45, 2.75) is 6.42 Å². The molecule has 0 saturated carbocycles. The number of carbonyl (C=O) groups excluding carboxylic acids is 3. The summed E-state index contributed by atoms with van der Waals surface area (Å²) < 4.78 is 0. The summed E-state index contributed by atoms with van der Waals surface area (Å²) in [5, 5.41) is 9.95. The third-order valence-electron chi connectivity index (χ3n) is 2.89. The zero-order valence-corrected chi connectivity index (χ0v) is 11.2. The van der Waals surface area contributed by atoms with E-state index in [0.717, 1.165) is 15.8 Å². The Morgan fingerprint density at radius 1 is 1.43 bits per heavy atom. The molecule has 8 nitrogen and oxygen atoms in total. The molecule has 0 aliphatic carbocycles. The van der Waals surface area contributed by atoms with Gasteiger partial charge in [-0.05, 0) is 31.2 Å². The maximum absolute atomic E-state index is 11.8. The van der Waals surface area contributed by atoms with Crippen LogP contribution >= 0.6 is 0 Å². The Hall–Kier alpha value is -2.74. The van der Waals surface area contributed by atoms with E-state index >= 15 is 0 Å². The predicted octanol–water partition coefficient (Wildman–Crippen LogP) is -0.165. The highest BCUT2D eigenvalue weighted by Crippen LogP contribution is 2.16. The fourth-order valence-corrected chi connectivity index (χ4v) is 1.79. The lowest BCUT2D eigenvalue weighted by atomic mass is 10.2. The minimum atomic E-state index is -0.914. The zero-order valence-electron chi connectivity index (χ0n) is 11.2. The van der Waals surface area contributed by atoms with Crippen molar-refractivity contribution in [1.29, 1.82) is 0 Å². The van der Waals surface area contributed by atoms with Gasteiger partial charge in [-0.25, -0.2) is 0 Å². The predicted molar refractivity (Wildman–Crippen MR) is 76.2 cm³/mol. The van der Waals surface area contributed by atoms with Crippen LogP contribution in [0.15, 0.2) is 24.4 Å². The summed E-state index contributed by atoms with van der Waals surface area (Å²) in [6, 6.07) is 5.05. The van der Waals surface area contributed by atoms with E-state index in [0.29, 0.717) is 25.1 Å². The number of hydrogen-bond donors (Lipinski definition) is 3. The van der Waals surface area contributed by atoms with Gasteiger partial charge >= 0.3 is 11.8 Å². The van der Waals surface area contributed by atoms with E-state index in [4.69, 9.17) is 5.73 Å². The third-order valence-corrected chi connectivity index (χ3v) is 2.89. The molecule has 0 bridgehead atoms. The van der Waals surface area contributed by atoms with Gasteiger partial charge in [0.2, 0.25) is 6.41 Å². The van der Waals surface area contributed by atoms with Crippen LogP contribution in [-0.2, 0) is 14.4 Å². The number of nitrogens with one attached hydrogen (secondary N) is 2. The first-order valence-electron chi connectivity index (χ1n) is 6.36. The molecule has 1 aromatic carbocycles. The number of fused-ring (bicyclic) bond motifs is 1. The molecule has 3 amide bonds. The molecule has 0 radical (unpaired) electrons. The number of aromatic nitrogens is 2. The molecular formula is C13H15N5O3. The molecule has 0 atom stereocenters. The highest BCUT2D eigenvalue weighted by Gasteiger charge is 2.21. The summed E-state index contributed by atoms with van der Waals surface area (Å²) in [5.74, 6) is -1.79. The largest absolute Gasteiger partial charge is 0.330 e. The van der Waals surface area contributed by atoms with Gasteiger partial charge in [-0.15, -0.1) is 0 Å². The van der Waals surface area contributed by atoms with E-state index in [2.05, 4.69) is 15.5 Å². The molecule has 8 heteroatoms. The van der Waals surface area contributed by atoms with E-state index in [1.54, 1.807) is 24.4 Å². The second-order valence-electron chi connectivity index (χ2n) is 4.37. The fraction of sp³-hybridized carbons (Fsp3) is 0.231. The Labute approximate surface area is 120 Å². The van der Waals surface area contributed by atoms with Crippen LogP contribution in [0.3, 0.4) is 0 Å². The molecule has 2 aromatic rings. The summed E-state index contributed by atoms with van der Waals surface area (Å²) in [7, 11) is 0. The molecule has 0 unspecified atom stereocenters. The normalized spacial score (nSPS) is 10.3. The average Bonchev–Trinajstić information content (AvgIpc) is 2.95. The Bertz CT molecular complexity index is 667. The Morgan fingerprint density at radius 3 is 2.95 bits per heavy atom. The molecule has 110 valence electrons. The number of amides is 3. The van der Waals surface area contributed by atoms with Gasteiger partial charge in [0.25, 0.3) is 0 Å². The van der Waals surface area contributed by atoms with Gasteiger partial charge in [0.1, 0.15) is 0 Å². The van der Waals surface area contributed by atoms with Crippen molar-refractivity contribution in [3.63, 3.8) is 0 Å². The first kappa shape index (κ1) is 14.7. The van der Waals surface area contributed by atoms with Gasteiger partial charge in [0.05, 0.1) is 11.7 Å². The number of nitrogens with zero attached hydrogens (tertiary/aromatic N) is 2. The van der Waals surface area contributed by atoms with E-state index in [9.17, 15) is 14.4 Å². The number of benzene rings is 1. The summed E-state index contributed by atoms with van der Waals surface area (Å²) >= 11 is 0. The molecule has 1 aromatic heterocycles. The van der Waals surface area contributed by atoms with Crippen LogP contribution in [0.1, 0.15) is 6.42 Å². The number of anilines is 1. The number of rotatable bonds is 5. The highest BCUT2D eigenvalue weighted by molar-refractivity contribution is 6.41. The van der Waals surface area contributed by atoms with E-state index in [1.807, 2.05) is 0 Å². The van der Waals surface area contributed by atoms with Crippen LogP contribution in [-0.4, -0.2) is 46.4 Å². The van der Waals surface area contributed by atoms with Gasteiger partial charge in [0.15, 0.2) is 0 Å². The van der Waals surface area contributed by atoms with Crippen LogP contribution in [0.5, 0.6) is 0 Å². The van der Waals surface area contributed by atoms with E-state index < -0.39 is 11.8 Å². The summed E-state index contributed by atoms with van der Waals surface area (Å²) in [5.41, 5.74) is 6.48. The molecule has 0 aliphatic heterocycles. The standard InChI is InChI=1S/C13H15N5O3/c14-4-1-5-18(8-19)13(21)12(20)16-10-3-2-9-7-15-17-11(9)6-10/h2-3,6-8H,1,4-5,14H2,(H,15,17)(H,16,20). The minimum Gasteiger partial charge on any atom is -0.330 e. The highest BCUT2D eigenvalue weighted by atomic mass is 16.2. The second kappa shape index (κ2) is 6.62. The summed E-state index contributed by atoms with van der Waals surface area (Å²) in [6.45, 7) is 0.446. The monoisotopic (exact) mass is 289 g/mol. The van der Waals surface area contributed by atoms with Crippen molar-refractivity contribution in [2.75, 3.05) is 18.4 Å². The van der Waals surface area contributed by atoms with Crippen LogP contribution in [0.4, 0.5) is 5.69 Å². The van der Waals surface area contributed by atoms with Gasteiger partial charge in [-0.1, -0.05) is 0 Å². The van der Waals surface area contributed by atoms with Crippen molar-refractivity contribution in [3.8, 4) is 0 Å². The van der Waals surface area contributed by atoms with Crippen molar-refractivity contribution in [2.24, 2.45) is 5.73 Å². The van der Waals surface area contributed by atoms with Crippen LogP contribution in [0.2, 0.25) is 0 Å². The van der Waals surface area contributed by atoms with Crippen molar-refractivity contribution < 1.29 is 14.4 Å². The number of hydrogen-bond acceptors (Lipinski definition) is 5. The van der Waals surface area contributed by atoms with Gasteiger partial charge in [0, 0.05) is 17.6 Å².